The fourth-order valence-electron chi connectivity index (χ4n) is 3.68. The number of hydrogen-bond donors (Lipinski definition) is 2. The first-order valence-corrected chi connectivity index (χ1v) is 9.92. The van der Waals surface area contributed by atoms with Crippen LogP contribution in [0.15, 0.2) is 29.1 Å². The fraction of sp³-hybridized carbons (Fsp3) is 0.450. The zero-order valence-electron chi connectivity index (χ0n) is 16.3. The molecule has 1 unspecified atom stereocenters. The van der Waals surface area contributed by atoms with Gasteiger partial charge in [0.2, 0.25) is 5.95 Å². The van der Waals surface area contributed by atoms with Gasteiger partial charge in [0.25, 0.3) is 11.5 Å². The van der Waals surface area contributed by atoms with Crippen LogP contribution < -0.4 is 20.5 Å². The second-order valence-corrected chi connectivity index (χ2v) is 7.67. The second-order valence-electron chi connectivity index (χ2n) is 7.67. The quantitative estimate of drug-likeness (QED) is 0.674. The van der Waals surface area contributed by atoms with Gasteiger partial charge in [-0.3, -0.25) is 14.6 Å². The van der Waals surface area contributed by atoms with Gasteiger partial charge in [-0.05, 0) is 49.3 Å². The standard InChI is InChI=1S/C20H20F4N4O3/c21-13-9-12(5-6-15(13)31-20(22,23)24)17(11-3-4-11)27-18(30)14-10-16(29)26-19(25-14)28-7-1-2-8-28/h5-6,9-11,17H,1-4,7-8H2,(H,27,30)(H,25,26,29). The maximum atomic E-state index is 14.2. The lowest BCUT2D eigenvalue weighted by Gasteiger charge is -2.20. The first-order chi connectivity index (χ1) is 14.7. The van der Waals surface area contributed by atoms with E-state index in [-0.39, 0.29) is 11.6 Å². The van der Waals surface area contributed by atoms with E-state index in [0.29, 0.717) is 11.5 Å². The van der Waals surface area contributed by atoms with Crippen molar-refractivity contribution in [3.8, 4) is 5.75 Å². The number of H-pyrrole nitrogens is 1. The molecule has 1 aliphatic heterocycles. The van der Waals surface area contributed by atoms with E-state index in [9.17, 15) is 27.2 Å². The molecule has 1 aromatic heterocycles. The highest BCUT2D eigenvalue weighted by molar-refractivity contribution is 5.92. The lowest BCUT2D eigenvalue weighted by atomic mass is 10.0. The monoisotopic (exact) mass is 440 g/mol. The van der Waals surface area contributed by atoms with E-state index < -0.39 is 35.4 Å². The maximum Gasteiger partial charge on any atom is 0.573 e. The van der Waals surface area contributed by atoms with Crippen molar-refractivity contribution in [1.82, 2.24) is 15.3 Å². The SMILES string of the molecule is O=C(NC(c1ccc(OC(F)(F)F)c(F)c1)C1CC1)c1cc(=O)[nH]c(N2CCCC2)n1. The number of alkyl halides is 3. The number of aromatic nitrogens is 2. The summed E-state index contributed by atoms with van der Waals surface area (Å²) in [6.07, 6.45) is -1.54. The number of hydrogen-bond acceptors (Lipinski definition) is 5. The highest BCUT2D eigenvalue weighted by Gasteiger charge is 2.36. The largest absolute Gasteiger partial charge is 0.573 e. The first kappa shape index (κ1) is 21.1. The molecule has 2 aromatic rings. The number of amides is 1. The van der Waals surface area contributed by atoms with Crippen LogP contribution in [0.1, 0.15) is 47.8 Å². The molecule has 31 heavy (non-hydrogen) atoms. The first-order valence-electron chi connectivity index (χ1n) is 9.92. The highest BCUT2D eigenvalue weighted by Crippen LogP contribution is 2.42. The molecule has 2 heterocycles. The molecule has 7 nitrogen and oxygen atoms in total. The van der Waals surface area contributed by atoms with Gasteiger partial charge in [-0.1, -0.05) is 6.07 Å². The lowest BCUT2D eigenvalue weighted by molar-refractivity contribution is -0.275. The lowest BCUT2D eigenvalue weighted by Crippen LogP contribution is -2.33. The normalized spacial score (nSPS) is 17.5. The summed E-state index contributed by atoms with van der Waals surface area (Å²) in [7, 11) is 0. The van der Waals surface area contributed by atoms with Crippen LogP contribution in [-0.4, -0.2) is 35.3 Å². The van der Waals surface area contributed by atoms with E-state index in [4.69, 9.17) is 0 Å². The van der Waals surface area contributed by atoms with Gasteiger partial charge in [-0.25, -0.2) is 9.37 Å². The number of nitrogens with zero attached hydrogens (tertiary/aromatic N) is 2. The Labute approximate surface area is 174 Å². The van der Waals surface area contributed by atoms with Gasteiger partial charge in [0.1, 0.15) is 5.69 Å². The number of nitrogens with one attached hydrogen (secondary N) is 2. The molecule has 1 saturated heterocycles. The third-order valence-electron chi connectivity index (χ3n) is 5.29. The molecule has 1 amide bonds. The minimum Gasteiger partial charge on any atom is -0.403 e. The Morgan fingerprint density at radius 1 is 1.23 bits per heavy atom. The molecular weight excluding hydrogens is 420 g/mol. The topological polar surface area (TPSA) is 87.3 Å². The van der Waals surface area contributed by atoms with Crippen LogP contribution in [0.3, 0.4) is 0 Å². The van der Waals surface area contributed by atoms with Crippen molar-refractivity contribution in [3.05, 3.63) is 51.7 Å². The molecule has 0 spiro atoms. The van der Waals surface area contributed by atoms with Gasteiger partial charge < -0.3 is 15.0 Å². The molecule has 1 aromatic carbocycles. The summed E-state index contributed by atoms with van der Waals surface area (Å²) in [4.78, 5) is 33.6. The number of halogens is 4. The van der Waals surface area contributed by atoms with Crippen molar-refractivity contribution in [3.63, 3.8) is 0 Å². The summed E-state index contributed by atoms with van der Waals surface area (Å²) in [5.74, 6) is -2.40. The van der Waals surface area contributed by atoms with Gasteiger partial charge in [-0.15, -0.1) is 13.2 Å². The van der Waals surface area contributed by atoms with Crippen LogP contribution in [0.25, 0.3) is 0 Å². The van der Waals surface area contributed by atoms with E-state index in [0.717, 1.165) is 57.0 Å². The molecule has 2 fully saturated rings. The summed E-state index contributed by atoms with van der Waals surface area (Å²) in [6.45, 7) is 1.45. The summed E-state index contributed by atoms with van der Waals surface area (Å²) in [5.41, 5.74) is -0.231. The highest BCUT2D eigenvalue weighted by atomic mass is 19.4. The van der Waals surface area contributed by atoms with E-state index in [2.05, 4.69) is 20.0 Å². The zero-order chi connectivity index (χ0) is 22.2. The van der Waals surface area contributed by atoms with Crippen molar-refractivity contribution in [2.24, 2.45) is 5.92 Å². The van der Waals surface area contributed by atoms with Gasteiger partial charge in [-0.2, -0.15) is 0 Å². The molecule has 0 radical (unpaired) electrons. The van der Waals surface area contributed by atoms with Crippen LogP contribution in [0.2, 0.25) is 0 Å². The van der Waals surface area contributed by atoms with E-state index in [1.807, 2.05) is 4.90 Å². The summed E-state index contributed by atoms with van der Waals surface area (Å²) in [6, 6.07) is 3.55. The van der Waals surface area contributed by atoms with Crippen molar-refractivity contribution in [2.45, 2.75) is 38.1 Å². The van der Waals surface area contributed by atoms with Crippen LogP contribution >= 0.6 is 0 Å². The summed E-state index contributed by atoms with van der Waals surface area (Å²) in [5, 5.41) is 2.75. The molecule has 0 bridgehead atoms. The van der Waals surface area contributed by atoms with Crippen LogP contribution in [0.4, 0.5) is 23.5 Å². The van der Waals surface area contributed by atoms with Crippen molar-refractivity contribution < 1.29 is 27.1 Å². The molecule has 1 atom stereocenters. The minimum atomic E-state index is -5.01. The number of benzene rings is 1. The molecular formula is C20H20F4N4O3. The smallest absolute Gasteiger partial charge is 0.403 e. The van der Waals surface area contributed by atoms with E-state index in [1.165, 1.54) is 6.07 Å². The zero-order valence-corrected chi connectivity index (χ0v) is 16.3. The van der Waals surface area contributed by atoms with E-state index in [1.54, 1.807) is 0 Å². The number of anilines is 1. The van der Waals surface area contributed by atoms with Crippen molar-refractivity contribution in [2.75, 3.05) is 18.0 Å². The minimum absolute atomic E-state index is 0.0118. The Bertz CT molecular complexity index is 1030. The van der Waals surface area contributed by atoms with Gasteiger partial charge in [0.15, 0.2) is 11.6 Å². The predicted molar refractivity (Wildman–Crippen MR) is 102 cm³/mol. The Morgan fingerprint density at radius 3 is 2.55 bits per heavy atom. The molecule has 2 N–H and O–H groups in total. The third-order valence-corrected chi connectivity index (χ3v) is 5.29. The molecule has 2 aliphatic rings. The molecule has 11 heteroatoms. The van der Waals surface area contributed by atoms with Gasteiger partial charge in [0, 0.05) is 19.2 Å². The number of carbonyl (C=O) groups is 1. The van der Waals surface area contributed by atoms with Crippen molar-refractivity contribution >= 4 is 11.9 Å². The molecule has 1 saturated carbocycles. The molecule has 4 rings (SSSR count). The number of carbonyl (C=O) groups excluding carboxylic acids is 1. The number of rotatable bonds is 6. The molecule has 166 valence electrons. The second kappa shape index (κ2) is 8.20. The summed E-state index contributed by atoms with van der Waals surface area (Å²) < 4.78 is 54.9. The van der Waals surface area contributed by atoms with Gasteiger partial charge in [0.05, 0.1) is 6.04 Å². The summed E-state index contributed by atoms with van der Waals surface area (Å²) >= 11 is 0. The van der Waals surface area contributed by atoms with Crippen LogP contribution in [0.5, 0.6) is 5.75 Å². The van der Waals surface area contributed by atoms with Gasteiger partial charge >= 0.3 is 6.36 Å². The predicted octanol–water partition coefficient (Wildman–Crippen LogP) is 3.29. The Hall–Kier alpha value is -3.11. The Morgan fingerprint density at radius 2 is 1.94 bits per heavy atom. The van der Waals surface area contributed by atoms with E-state index >= 15 is 0 Å². The Balaban J connectivity index is 1.55. The maximum absolute atomic E-state index is 14.2. The van der Waals surface area contributed by atoms with Crippen molar-refractivity contribution in [1.29, 1.82) is 0 Å². The fourth-order valence-corrected chi connectivity index (χ4v) is 3.68. The Kier molecular flexibility index (Phi) is 5.59. The number of aromatic amines is 1. The van der Waals surface area contributed by atoms with Crippen LogP contribution in [0, 0.1) is 11.7 Å². The average molecular weight is 440 g/mol. The molecule has 1 aliphatic carbocycles. The average Bonchev–Trinajstić information content (AvgIpc) is 3.38. The third kappa shape index (κ3) is 5.15. The number of ether oxygens (including phenoxy) is 1. The van der Waals surface area contributed by atoms with Crippen LogP contribution in [-0.2, 0) is 0 Å².